The highest BCUT2D eigenvalue weighted by Gasteiger charge is 2.01. The number of aliphatic carboxylic acids is 1. The van der Waals surface area contributed by atoms with Crippen molar-refractivity contribution >= 4 is 11.9 Å². The van der Waals surface area contributed by atoms with Gasteiger partial charge in [-0.3, -0.25) is 0 Å². The lowest BCUT2D eigenvalue weighted by molar-refractivity contribution is -0.302. The lowest BCUT2D eigenvalue weighted by Crippen LogP contribution is -2.16. The molecule has 6 nitrogen and oxygen atoms in total. The Morgan fingerprint density at radius 2 is 1.81 bits per heavy atom. The van der Waals surface area contributed by atoms with Crippen molar-refractivity contribution in [1.82, 2.24) is 6.15 Å². The number of ether oxygens (including phenoxy) is 1. The molecule has 0 amide bonds. The van der Waals surface area contributed by atoms with Crippen molar-refractivity contribution in [2.24, 2.45) is 11.7 Å². The molecule has 0 aliphatic rings. The molecule has 96 valence electrons. The van der Waals surface area contributed by atoms with E-state index in [0.29, 0.717) is 12.3 Å². The number of allylic oxidation sites excluding steroid dienone is 1. The van der Waals surface area contributed by atoms with Gasteiger partial charge in [-0.1, -0.05) is 13.8 Å². The van der Waals surface area contributed by atoms with Crippen LogP contribution in [0.1, 0.15) is 27.7 Å². The Morgan fingerprint density at radius 3 is 2.06 bits per heavy atom. The number of carbonyl (C=O) groups excluding carboxylic acids is 2. The lowest BCUT2D eigenvalue weighted by atomic mass is 10.1. The van der Waals surface area contributed by atoms with Gasteiger partial charge in [-0.25, -0.2) is 4.79 Å². The van der Waals surface area contributed by atoms with Gasteiger partial charge in [0.25, 0.3) is 0 Å². The van der Waals surface area contributed by atoms with Crippen LogP contribution >= 0.6 is 0 Å². The molecule has 0 bridgehead atoms. The molecule has 0 aliphatic carbocycles. The van der Waals surface area contributed by atoms with E-state index in [2.05, 4.69) is 4.74 Å². The summed E-state index contributed by atoms with van der Waals surface area (Å²) in [6.45, 7) is 6.97. The Bertz CT molecular complexity index is 233. The molecular weight excluding hydrogens is 212 g/mol. The Balaban J connectivity index is -0.000000292. The first-order chi connectivity index (χ1) is 6.81. The quantitative estimate of drug-likeness (QED) is 0.531. The normalized spacial score (nSPS) is 9.69. The maximum Gasteiger partial charge on any atom is 0.332 e. The zero-order chi connectivity index (χ0) is 12.4. The summed E-state index contributed by atoms with van der Waals surface area (Å²) in [6.07, 6.45) is 1.33. The summed E-state index contributed by atoms with van der Waals surface area (Å²) >= 11 is 0. The highest BCUT2D eigenvalue weighted by Crippen LogP contribution is 2.01. The third kappa shape index (κ3) is 18.3. The molecule has 0 atom stereocenters. The topological polar surface area (TPSA) is 129 Å². The standard InChI is InChI=1S/C8H15NO2.C2H4O2.H3N/c1-4-11-8(10)5-7(9)6(2)3;1-2(3)4;/h5-6H,4,9H2,1-3H3;1H3,(H,3,4);1H3. The fourth-order valence-corrected chi connectivity index (χ4v) is 0.487. The average Bonchev–Trinajstić information content (AvgIpc) is 2.02. The number of nitrogens with two attached hydrogens (primary N) is 1. The van der Waals surface area contributed by atoms with Crippen molar-refractivity contribution in [3.8, 4) is 0 Å². The molecule has 0 aromatic rings. The number of esters is 1. The average molecular weight is 234 g/mol. The van der Waals surface area contributed by atoms with Crippen molar-refractivity contribution in [2.75, 3.05) is 6.61 Å². The van der Waals surface area contributed by atoms with Crippen LogP contribution < -0.4 is 17.0 Å². The minimum Gasteiger partial charge on any atom is -0.550 e. The van der Waals surface area contributed by atoms with Gasteiger partial charge in [0.2, 0.25) is 0 Å². The Morgan fingerprint density at radius 1 is 1.44 bits per heavy atom. The number of rotatable bonds is 3. The number of carboxylic acids is 1. The molecule has 16 heavy (non-hydrogen) atoms. The number of hydrogen-bond donors (Lipinski definition) is 2. The minimum atomic E-state index is -1.08. The third-order valence-electron chi connectivity index (χ3n) is 1.24. The first-order valence-electron chi connectivity index (χ1n) is 4.62. The fourth-order valence-electron chi connectivity index (χ4n) is 0.487. The van der Waals surface area contributed by atoms with Crippen LogP contribution in [0.3, 0.4) is 0 Å². The largest absolute Gasteiger partial charge is 0.550 e. The van der Waals surface area contributed by atoms with E-state index in [0.717, 1.165) is 6.92 Å². The van der Waals surface area contributed by atoms with E-state index in [4.69, 9.17) is 15.6 Å². The van der Waals surface area contributed by atoms with Gasteiger partial charge in [0.1, 0.15) is 0 Å². The molecule has 0 fully saturated rings. The van der Waals surface area contributed by atoms with Crippen LogP contribution in [0.15, 0.2) is 11.8 Å². The van der Waals surface area contributed by atoms with Crippen molar-refractivity contribution in [3.63, 3.8) is 0 Å². The predicted octanol–water partition coefficient (Wildman–Crippen LogP) is 0.181. The molecule has 0 unspecified atom stereocenters. The zero-order valence-electron chi connectivity index (χ0n) is 10.6. The van der Waals surface area contributed by atoms with Crippen molar-refractivity contribution in [1.29, 1.82) is 0 Å². The summed E-state index contributed by atoms with van der Waals surface area (Å²) in [6, 6.07) is 0. The number of quaternary nitrogens is 1. The van der Waals surface area contributed by atoms with Crippen molar-refractivity contribution in [3.05, 3.63) is 11.8 Å². The molecule has 6 N–H and O–H groups in total. The summed E-state index contributed by atoms with van der Waals surface area (Å²) in [4.78, 5) is 19.7. The van der Waals surface area contributed by atoms with Gasteiger partial charge >= 0.3 is 5.97 Å². The van der Waals surface area contributed by atoms with Crippen molar-refractivity contribution in [2.45, 2.75) is 27.7 Å². The second kappa shape index (κ2) is 11.5. The maximum absolute atomic E-state index is 10.8. The van der Waals surface area contributed by atoms with E-state index in [1.54, 1.807) is 6.92 Å². The van der Waals surface area contributed by atoms with Crippen LogP contribution in [0.25, 0.3) is 0 Å². The highest BCUT2D eigenvalue weighted by molar-refractivity contribution is 5.82. The van der Waals surface area contributed by atoms with Crippen molar-refractivity contribution < 1.29 is 19.4 Å². The van der Waals surface area contributed by atoms with Crippen LogP contribution in [0.5, 0.6) is 0 Å². The SMILES string of the molecule is CC(=O)[O-].CCOC(=O)C=C(N)C(C)C.[NH4+]. The Labute approximate surface area is 96.0 Å². The van der Waals surface area contributed by atoms with Gasteiger partial charge < -0.3 is 26.5 Å². The zero-order valence-corrected chi connectivity index (χ0v) is 10.6. The van der Waals surface area contributed by atoms with Gasteiger partial charge in [0, 0.05) is 17.7 Å². The Kier molecular flexibility index (Phi) is 14.3. The van der Waals surface area contributed by atoms with Gasteiger partial charge in [-0.05, 0) is 19.8 Å². The molecule has 0 spiro atoms. The first-order valence-corrected chi connectivity index (χ1v) is 4.62. The van der Waals surface area contributed by atoms with E-state index >= 15 is 0 Å². The molecule has 0 rings (SSSR count). The molecule has 0 saturated carbocycles. The van der Waals surface area contributed by atoms with E-state index in [1.807, 2.05) is 13.8 Å². The summed E-state index contributed by atoms with van der Waals surface area (Å²) in [7, 11) is 0. The van der Waals surface area contributed by atoms with Gasteiger partial charge in [0.05, 0.1) is 6.61 Å². The second-order valence-electron chi connectivity index (χ2n) is 3.04. The van der Waals surface area contributed by atoms with Gasteiger partial charge in [-0.15, -0.1) is 0 Å². The number of hydrogen-bond acceptors (Lipinski definition) is 5. The summed E-state index contributed by atoms with van der Waals surface area (Å²) in [5, 5.41) is 8.89. The summed E-state index contributed by atoms with van der Waals surface area (Å²) in [5.74, 6) is -1.25. The minimum absolute atomic E-state index is 0. The Hall–Kier alpha value is -1.56. The molecule has 6 heteroatoms. The molecule has 0 aromatic carbocycles. The number of carbonyl (C=O) groups is 2. The van der Waals surface area contributed by atoms with Crippen LogP contribution in [0.2, 0.25) is 0 Å². The summed E-state index contributed by atoms with van der Waals surface area (Å²) < 4.78 is 4.67. The van der Waals surface area contributed by atoms with Crippen LogP contribution in [0.4, 0.5) is 0 Å². The van der Waals surface area contributed by atoms with Gasteiger partial charge in [-0.2, -0.15) is 0 Å². The van der Waals surface area contributed by atoms with Gasteiger partial charge in [0.15, 0.2) is 0 Å². The molecule has 0 aromatic heterocycles. The molecule has 0 heterocycles. The summed E-state index contributed by atoms with van der Waals surface area (Å²) in [5.41, 5.74) is 6.07. The predicted molar refractivity (Wildman–Crippen MR) is 60.4 cm³/mol. The monoisotopic (exact) mass is 234 g/mol. The second-order valence-corrected chi connectivity index (χ2v) is 3.04. The van der Waals surface area contributed by atoms with Crippen LogP contribution in [0, 0.1) is 5.92 Å². The first kappa shape index (κ1) is 19.9. The molecule has 0 aliphatic heterocycles. The van der Waals surface area contributed by atoms with E-state index < -0.39 is 5.97 Å². The maximum atomic E-state index is 10.8. The fraction of sp³-hybridized carbons (Fsp3) is 0.600. The lowest BCUT2D eigenvalue weighted by Gasteiger charge is -2.03. The van der Waals surface area contributed by atoms with E-state index in [1.165, 1.54) is 6.08 Å². The molecule has 0 saturated heterocycles. The smallest absolute Gasteiger partial charge is 0.332 e. The van der Waals surface area contributed by atoms with E-state index in [-0.39, 0.29) is 18.0 Å². The molecular formula is C10H22N2O4. The van der Waals surface area contributed by atoms with Crippen LogP contribution in [-0.2, 0) is 14.3 Å². The van der Waals surface area contributed by atoms with E-state index in [9.17, 15) is 4.79 Å². The van der Waals surface area contributed by atoms with Crippen LogP contribution in [-0.4, -0.2) is 18.5 Å². The molecule has 0 radical (unpaired) electrons. The third-order valence-corrected chi connectivity index (χ3v) is 1.24. The number of carboxylic acid groups (broad SMARTS) is 1. The highest BCUT2D eigenvalue weighted by atomic mass is 16.5.